The number of rotatable bonds is 3. The Hall–Kier alpha value is -2.89. The molecular formula is C20H19F2N3O. The van der Waals surface area contributed by atoms with Crippen molar-refractivity contribution >= 4 is 16.9 Å². The maximum atomic E-state index is 13.5. The molecule has 26 heavy (non-hydrogen) atoms. The summed E-state index contributed by atoms with van der Waals surface area (Å²) in [5.41, 5.74) is 4.01. The van der Waals surface area contributed by atoms with Crippen LogP contribution in [0.2, 0.25) is 0 Å². The lowest BCUT2D eigenvalue weighted by Gasteiger charge is -2.25. The van der Waals surface area contributed by atoms with Crippen LogP contribution in [0.5, 0.6) is 0 Å². The first-order valence-corrected chi connectivity index (χ1v) is 8.25. The maximum Gasteiger partial charge on any atom is 0.254 e. The van der Waals surface area contributed by atoms with Crippen LogP contribution in [0.3, 0.4) is 0 Å². The lowest BCUT2D eigenvalue weighted by atomic mass is 10.1. The summed E-state index contributed by atoms with van der Waals surface area (Å²) >= 11 is 0. The number of hydrogen-bond acceptors (Lipinski definition) is 3. The molecule has 1 amide bonds. The quantitative estimate of drug-likeness (QED) is 0.701. The molecule has 1 unspecified atom stereocenters. The topological polar surface area (TPSA) is 46.1 Å². The van der Waals surface area contributed by atoms with Crippen LogP contribution in [0.25, 0.3) is 11.0 Å². The molecule has 3 rings (SSSR count). The van der Waals surface area contributed by atoms with Crippen molar-refractivity contribution in [3.05, 3.63) is 70.5 Å². The van der Waals surface area contributed by atoms with Gasteiger partial charge in [0.25, 0.3) is 5.91 Å². The van der Waals surface area contributed by atoms with Crippen LogP contribution in [0.15, 0.2) is 36.4 Å². The minimum atomic E-state index is -0.929. The van der Waals surface area contributed by atoms with Gasteiger partial charge in [0.1, 0.15) is 0 Å². The van der Waals surface area contributed by atoms with Crippen LogP contribution in [-0.4, -0.2) is 27.8 Å². The number of hydrogen-bond donors (Lipinski definition) is 0. The second-order valence-electron chi connectivity index (χ2n) is 6.36. The van der Waals surface area contributed by atoms with Gasteiger partial charge in [-0.2, -0.15) is 0 Å². The summed E-state index contributed by atoms with van der Waals surface area (Å²) in [6.45, 7) is 5.52. The molecule has 0 spiro atoms. The van der Waals surface area contributed by atoms with Crippen molar-refractivity contribution < 1.29 is 13.6 Å². The van der Waals surface area contributed by atoms with Crippen molar-refractivity contribution in [2.24, 2.45) is 0 Å². The average molecular weight is 355 g/mol. The number of carbonyl (C=O) groups excluding carboxylic acids is 1. The van der Waals surface area contributed by atoms with Crippen molar-refractivity contribution in [1.82, 2.24) is 14.9 Å². The van der Waals surface area contributed by atoms with E-state index in [1.54, 1.807) is 32.2 Å². The molecule has 0 aliphatic carbocycles. The molecule has 1 atom stereocenters. The van der Waals surface area contributed by atoms with Crippen LogP contribution in [0.1, 0.15) is 40.3 Å². The number of nitrogens with zero attached hydrogens (tertiary/aromatic N) is 3. The SMILES string of the molecule is Cc1nc2ccc(C(=O)N(C)C(C)c3ccc(F)c(F)c3)cc2nc1C. The molecule has 1 aromatic heterocycles. The summed E-state index contributed by atoms with van der Waals surface area (Å²) in [6.07, 6.45) is 0. The zero-order valence-electron chi connectivity index (χ0n) is 15.0. The average Bonchev–Trinajstić information content (AvgIpc) is 2.62. The van der Waals surface area contributed by atoms with E-state index in [1.807, 2.05) is 13.8 Å². The third-order valence-electron chi connectivity index (χ3n) is 4.65. The number of amides is 1. The van der Waals surface area contributed by atoms with E-state index in [-0.39, 0.29) is 5.91 Å². The van der Waals surface area contributed by atoms with E-state index in [0.717, 1.165) is 29.0 Å². The lowest BCUT2D eigenvalue weighted by Crippen LogP contribution is -2.29. The predicted molar refractivity (Wildman–Crippen MR) is 95.9 cm³/mol. The summed E-state index contributed by atoms with van der Waals surface area (Å²) in [5.74, 6) is -2.07. The highest BCUT2D eigenvalue weighted by atomic mass is 19.2. The molecule has 3 aromatic rings. The monoisotopic (exact) mass is 355 g/mol. The Labute approximate surface area is 150 Å². The van der Waals surface area contributed by atoms with Crippen LogP contribution in [-0.2, 0) is 0 Å². The van der Waals surface area contributed by atoms with E-state index < -0.39 is 17.7 Å². The third-order valence-corrected chi connectivity index (χ3v) is 4.65. The Morgan fingerprint density at radius 1 is 0.962 bits per heavy atom. The van der Waals surface area contributed by atoms with Crippen LogP contribution in [0.4, 0.5) is 8.78 Å². The fourth-order valence-corrected chi connectivity index (χ4v) is 2.74. The summed E-state index contributed by atoms with van der Waals surface area (Å²) in [4.78, 5) is 23.2. The Morgan fingerprint density at radius 2 is 1.62 bits per heavy atom. The smallest absolute Gasteiger partial charge is 0.254 e. The molecule has 0 radical (unpaired) electrons. The molecule has 1 heterocycles. The molecule has 2 aromatic carbocycles. The fraction of sp³-hybridized carbons (Fsp3) is 0.250. The summed E-state index contributed by atoms with van der Waals surface area (Å²) in [6, 6.07) is 8.40. The molecular weight excluding hydrogens is 336 g/mol. The molecule has 0 aliphatic heterocycles. The zero-order chi connectivity index (χ0) is 19.0. The van der Waals surface area contributed by atoms with Gasteiger partial charge in [-0.25, -0.2) is 18.7 Å². The first-order valence-electron chi connectivity index (χ1n) is 8.25. The molecule has 0 saturated heterocycles. The Balaban J connectivity index is 1.91. The Bertz CT molecular complexity index is 1000. The standard InChI is InChI=1S/C20H19F2N3O/c1-11-12(2)24-19-10-15(6-8-18(19)23-11)20(26)25(4)13(3)14-5-7-16(21)17(22)9-14/h5-10,13H,1-4H3. The Kier molecular flexibility index (Phi) is 4.68. The van der Waals surface area contributed by atoms with E-state index >= 15 is 0 Å². The second-order valence-corrected chi connectivity index (χ2v) is 6.36. The lowest BCUT2D eigenvalue weighted by molar-refractivity contribution is 0.0742. The van der Waals surface area contributed by atoms with E-state index in [9.17, 15) is 13.6 Å². The van der Waals surface area contributed by atoms with E-state index in [4.69, 9.17) is 0 Å². The predicted octanol–water partition coefficient (Wildman–Crippen LogP) is 4.36. The normalized spacial score (nSPS) is 12.2. The first kappa shape index (κ1) is 17.9. The number of fused-ring (bicyclic) bond motifs is 1. The van der Waals surface area contributed by atoms with Crippen LogP contribution < -0.4 is 0 Å². The van der Waals surface area contributed by atoms with Gasteiger partial charge in [0.05, 0.1) is 28.5 Å². The number of benzene rings is 2. The number of carbonyl (C=O) groups is 1. The number of aromatic nitrogens is 2. The van der Waals surface area contributed by atoms with Gasteiger partial charge in [0.2, 0.25) is 0 Å². The molecule has 4 nitrogen and oxygen atoms in total. The molecule has 134 valence electrons. The van der Waals surface area contributed by atoms with Gasteiger partial charge < -0.3 is 4.90 Å². The molecule has 0 bridgehead atoms. The van der Waals surface area contributed by atoms with Crippen molar-refractivity contribution in [2.75, 3.05) is 7.05 Å². The highest BCUT2D eigenvalue weighted by Gasteiger charge is 2.20. The van der Waals surface area contributed by atoms with E-state index in [1.165, 1.54) is 11.0 Å². The van der Waals surface area contributed by atoms with Crippen LogP contribution in [0, 0.1) is 25.5 Å². The largest absolute Gasteiger partial charge is 0.335 e. The van der Waals surface area contributed by atoms with Crippen molar-refractivity contribution in [3.63, 3.8) is 0 Å². The third kappa shape index (κ3) is 3.27. The van der Waals surface area contributed by atoms with Gasteiger partial charge in [-0.3, -0.25) is 4.79 Å². The van der Waals surface area contributed by atoms with Gasteiger partial charge in [-0.1, -0.05) is 6.07 Å². The zero-order valence-corrected chi connectivity index (χ0v) is 15.0. The van der Waals surface area contributed by atoms with Crippen molar-refractivity contribution in [1.29, 1.82) is 0 Å². The van der Waals surface area contributed by atoms with Gasteiger partial charge in [-0.15, -0.1) is 0 Å². The second kappa shape index (κ2) is 6.78. The molecule has 0 saturated carbocycles. The van der Waals surface area contributed by atoms with Gasteiger partial charge in [-0.05, 0) is 56.7 Å². The fourth-order valence-electron chi connectivity index (χ4n) is 2.74. The number of halogens is 2. The van der Waals surface area contributed by atoms with Crippen molar-refractivity contribution in [2.45, 2.75) is 26.8 Å². The Morgan fingerprint density at radius 3 is 2.27 bits per heavy atom. The summed E-state index contributed by atoms with van der Waals surface area (Å²) in [7, 11) is 1.63. The van der Waals surface area contributed by atoms with Crippen molar-refractivity contribution in [3.8, 4) is 0 Å². The molecule has 0 fully saturated rings. The molecule has 6 heteroatoms. The van der Waals surface area contributed by atoms with Gasteiger partial charge in [0, 0.05) is 12.6 Å². The molecule has 0 aliphatic rings. The van der Waals surface area contributed by atoms with E-state index in [2.05, 4.69) is 9.97 Å². The van der Waals surface area contributed by atoms with Gasteiger partial charge in [0.15, 0.2) is 11.6 Å². The summed E-state index contributed by atoms with van der Waals surface area (Å²) in [5, 5.41) is 0. The van der Waals surface area contributed by atoms with Gasteiger partial charge >= 0.3 is 0 Å². The minimum absolute atomic E-state index is 0.232. The molecule has 0 N–H and O–H groups in total. The highest BCUT2D eigenvalue weighted by Crippen LogP contribution is 2.23. The number of aryl methyl sites for hydroxylation is 2. The minimum Gasteiger partial charge on any atom is -0.335 e. The van der Waals surface area contributed by atoms with Crippen LogP contribution >= 0.6 is 0 Å². The summed E-state index contributed by atoms with van der Waals surface area (Å²) < 4.78 is 26.6. The maximum absolute atomic E-state index is 13.5. The first-order chi connectivity index (χ1) is 12.3. The highest BCUT2D eigenvalue weighted by molar-refractivity contribution is 5.97. The van der Waals surface area contributed by atoms with E-state index in [0.29, 0.717) is 16.6 Å².